The van der Waals surface area contributed by atoms with Crippen LogP contribution in [0.25, 0.3) is 0 Å². The highest BCUT2D eigenvalue weighted by molar-refractivity contribution is 14.1. The molecule has 1 aliphatic rings. The highest BCUT2D eigenvalue weighted by Gasteiger charge is 2.31. The number of hydrogen-bond donors (Lipinski definition) is 1. The van der Waals surface area contributed by atoms with E-state index in [1.807, 2.05) is 16.3 Å². The summed E-state index contributed by atoms with van der Waals surface area (Å²) in [6.07, 6.45) is 1.95. The summed E-state index contributed by atoms with van der Waals surface area (Å²) in [5, 5.41) is 1.92. The Morgan fingerprint density at radius 3 is 2.95 bits per heavy atom. The number of methoxy groups -OCH3 is 1. The number of rotatable bonds is 3. The van der Waals surface area contributed by atoms with Gasteiger partial charge in [0.05, 0.1) is 14.6 Å². The molecule has 4 nitrogen and oxygen atoms in total. The molecule has 0 radical (unpaired) electrons. The minimum absolute atomic E-state index is 0. The third kappa shape index (κ3) is 4.04. The smallest absolute Gasteiger partial charge is 0.255 e. The van der Waals surface area contributed by atoms with E-state index in [4.69, 9.17) is 10.5 Å². The zero-order valence-corrected chi connectivity index (χ0v) is 14.5. The summed E-state index contributed by atoms with van der Waals surface area (Å²) in [5.41, 5.74) is 6.56. The second-order valence-electron chi connectivity index (χ2n) is 4.41. The summed E-state index contributed by atoms with van der Waals surface area (Å²) in [5.74, 6) is 0.0965. The molecule has 1 aromatic heterocycles. The molecule has 0 aliphatic carbocycles. The van der Waals surface area contributed by atoms with Crippen molar-refractivity contribution in [3.05, 3.63) is 19.9 Å². The number of hydrogen-bond acceptors (Lipinski definition) is 4. The quantitative estimate of drug-likeness (QED) is 0.770. The molecule has 7 heteroatoms. The molecule has 1 aliphatic heterocycles. The van der Waals surface area contributed by atoms with E-state index in [9.17, 15) is 4.79 Å². The Hall–Kier alpha value is 0.110. The second-order valence-corrected chi connectivity index (χ2v) is 7.22. The maximum atomic E-state index is 12.4. The summed E-state index contributed by atoms with van der Waals surface area (Å²) in [6, 6.07) is 2.03. The van der Waals surface area contributed by atoms with Crippen molar-refractivity contribution in [1.82, 2.24) is 4.90 Å². The van der Waals surface area contributed by atoms with Gasteiger partial charge in [-0.2, -0.15) is 0 Å². The van der Waals surface area contributed by atoms with E-state index in [0.717, 1.165) is 27.8 Å². The molecule has 1 aromatic rings. The van der Waals surface area contributed by atoms with Crippen LogP contribution < -0.4 is 5.73 Å². The van der Waals surface area contributed by atoms with Crippen molar-refractivity contribution in [3.63, 3.8) is 0 Å². The van der Waals surface area contributed by atoms with Gasteiger partial charge in [-0.3, -0.25) is 4.79 Å². The molecule has 2 unspecified atom stereocenters. The van der Waals surface area contributed by atoms with E-state index < -0.39 is 0 Å². The third-order valence-corrected chi connectivity index (χ3v) is 5.14. The van der Waals surface area contributed by atoms with Gasteiger partial charge < -0.3 is 15.4 Å². The number of thiophene rings is 1. The van der Waals surface area contributed by atoms with E-state index in [-0.39, 0.29) is 30.5 Å². The van der Waals surface area contributed by atoms with Gasteiger partial charge in [0.25, 0.3) is 5.91 Å². The summed E-state index contributed by atoms with van der Waals surface area (Å²) in [7, 11) is 1.72. The molecule has 0 bridgehead atoms. The Kier molecular flexibility index (Phi) is 7.02. The fraction of sp³-hybridized carbons (Fsp3) is 0.583. The fourth-order valence-corrected chi connectivity index (χ4v) is 3.63. The monoisotopic (exact) mass is 416 g/mol. The minimum Gasteiger partial charge on any atom is -0.381 e. The lowest BCUT2D eigenvalue weighted by molar-refractivity contribution is 0.0139. The van der Waals surface area contributed by atoms with Crippen LogP contribution in [-0.4, -0.2) is 43.2 Å². The van der Waals surface area contributed by atoms with Crippen LogP contribution in [-0.2, 0) is 4.74 Å². The van der Waals surface area contributed by atoms with Gasteiger partial charge in [-0.1, -0.05) is 0 Å². The van der Waals surface area contributed by atoms with Crippen molar-refractivity contribution in [1.29, 1.82) is 0 Å². The van der Waals surface area contributed by atoms with Crippen molar-refractivity contribution in [2.45, 2.75) is 25.0 Å². The predicted molar refractivity (Wildman–Crippen MR) is 88.2 cm³/mol. The molecule has 2 N–H and O–H groups in total. The van der Waals surface area contributed by atoms with E-state index in [1.165, 1.54) is 0 Å². The molecule has 0 spiro atoms. The molecule has 2 atom stereocenters. The number of ether oxygens (including phenoxy) is 1. The lowest BCUT2D eigenvalue weighted by Gasteiger charge is -2.38. The molecule has 1 saturated heterocycles. The van der Waals surface area contributed by atoms with Crippen LogP contribution >= 0.6 is 46.3 Å². The highest BCUT2D eigenvalue weighted by Crippen LogP contribution is 2.24. The Balaban J connectivity index is 0.00000180. The average Bonchev–Trinajstić information content (AvgIpc) is 2.83. The molecule has 1 fully saturated rings. The van der Waals surface area contributed by atoms with Crippen LogP contribution in [0.15, 0.2) is 11.4 Å². The number of piperidine rings is 1. The summed E-state index contributed by atoms with van der Waals surface area (Å²) < 4.78 is 6.50. The lowest BCUT2D eigenvalue weighted by atomic mass is 9.98. The van der Waals surface area contributed by atoms with Crippen LogP contribution in [0.3, 0.4) is 0 Å². The first-order chi connectivity index (χ1) is 8.65. The number of likely N-dealkylation sites (tertiary alicyclic amines) is 1. The lowest BCUT2D eigenvalue weighted by Crippen LogP contribution is -2.51. The molecule has 2 rings (SSSR count). The van der Waals surface area contributed by atoms with Crippen LogP contribution in [0, 0.1) is 2.88 Å². The molecular weight excluding hydrogens is 399 g/mol. The summed E-state index contributed by atoms with van der Waals surface area (Å²) in [6.45, 7) is 1.22. The zero-order chi connectivity index (χ0) is 13.1. The van der Waals surface area contributed by atoms with Gasteiger partial charge >= 0.3 is 0 Å². The summed E-state index contributed by atoms with van der Waals surface area (Å²) in [4.78, 5) is 14.3. The largest absolute Gasteiger partial charge is 0.381 e. The van der Waals surface area contributed by atoms with Gasteiger partial charge in [0, 0.05) is 31.6 Å². The van der Waals surface area contributed by atoms with Gasteiger partial charge in [-0.25, -0.2) is 0 Å². The zero-order valence-electron chi connectivity index (χ0n) is 10.7. The normalized spacial score (nSPS) is 23.0. The molecule has 2 heterocycles. The number of carbonyl (C=O) groups excluding carboxylic acids is 1. The predicted octanol–water partition coefficient (Wildman–Crippen LogP) is 2.35. The van der Waals surface area contributed by atoms with Crippen LogP contribution in [0.5, 0.6) is 0 Å². The number of carbonyl (C=O) groups is 1. The van der Waals surface area contributed by atoms with E-state index >= 15 is 0 Å². The van der Waals surface area contributed by atoms with Crippen LogP contribution in [0.1, 0.15) is 23.2 Å². The Morgan fingerprint density at radius 2 is 2.42 bits per heavy atom. The maximum Gasteiger partial charge on any atom is 0.255 e. The van der Waals surface area contributed by atoms with Gasteiger partial charge in [0.2, 0.25) is 0 Å². The van der Waals surface area contributed by atoms with Crippen molar-refractivity contribution in [3.8, 4) is 0 Å². The molecular formula is C12H18ClIN2O2S. The first-order valence-electron chi connectivity index (χ1n) is 5.93. The van der Waals surface area contributed by atoms with Crippen molar-refractivity contribution in [2.75, 3.05) is 20.2 Å². The number of halogens is 2. The highest BCUT2D eigenvalue weighted by atomic mass is 127. The van der Waals surface area contributed by atoms with E-state index in [2.05, 4.69) is 22.6 Å². The van der Waals surface area contributed by atoms with Gasteiger partial charge in [-0.15, -0.1) is 23.7 Å². The van der Waals surface area contributed by atoms with Crippen molar-refractivity contribution in [2.24, 2.45) is 5.73 Å². The van der Waals surface area contributed by atoms with Gasteiger partial charge in [0.1, 0.15) is 0 Å². The van der Waals surface area contributed by atoms with Crippen LogP contribution in [0.2, 0.25) is 0 Å². The Labute approximate surface area is 137 Å². The number of amides is 1. The number of nitrogens with two attached hydrogens (primary N) is 1. The minimum atomic E-state index is 0. The molecule has 108 valence electrons. The molecule has 0 saturated carbocycles. The van der Waals surface area contributed by atoms with Crippen molar-refractivity contribution >= 4 is 52.2 Å². The Bertz CT molecular complexity index is 430. The molecule has 19 heavy (non-hydrogen) atoms. The van der Waals surface area contributed by atoms with Gasteiger partial charge in [0.15, 0.2) is 0 Å². The third-order valence-electron chi connectivity index (χ3n) is 3.35. The standard InChI is InChI=1S/C12H17IN2O2S.ClH/c1-17-10-2-3-15(9(5-10)6-14)12(16)8-4-11(13)18-7-8;/h4,7,9-10H,2-3,5-6,14H2,1H3;1H. The van der Waals surface area contributed by atoms with Crippen LogP contribution in [0.4, 0.5) is 0 Å². The maximum absolute atomic E-state index is 12.4. The summed E-state index contributed by atoms with van der Waals surface area (Å²) >= 11 is 3.83. The molecule has 0 aromatic carbocycles. The fourth-order valence-electron chi connectivity index (χ4n) is 2.31. The second kappa shape index (κ2) is 7.78. The Morgan fingerprint density at radius 1 is 1.68 bits per heavy atom. The van der Waals surface area contributed by atoms with E-state index in [0.29, 0.717) is 6.54 Å². The molecule has 1 amide bonds. The average molecular weight is 417 g/mol. The SMILES string of the molecule is COC1CCN(C(=O)c2csc(I)c2)C(CN)C1.Cl. The van der Waals surface area contributed by atoms with Gasteiger partial charge in [-0.05, 0) is 41.5 Å². The van der Waals surface area contributed by atoms with E-state index in [1.54, 1.807) is 18.4 Å². The topological polar surface area (TPSA) is 55.6 Å². The first kappa shape index (κ1) is 17.2. The first-order valence-corrected chi connectivity index (χ1v) is 7.89. The van der Waals surface area contributed by atoms with Crippen molar-refractivity contribution < 1.29 is 9.53 Å². The number of nitrogens with zero attached hydrogens (tertiary/aromatic N) is 1.